The summed E-state index contributed by atoms with van der Waals surface area (Å²) in [5.74, 6) is -4.00. The van der Waals surface area contributed by atoms with Crippen LogP contribution in [0.4, 0.5) is 13.2 Å². The van der Waals surface area contributed by atoms with E-state index in [2.05, 4.69) is 4.40 Å². The van der Waals surface area contributed by atoms with E-state index in [1.54, 1.807) is 6.92 Å². The maximum Gasteiger partial charge on any atom is 0.276 e. The van der Waals surface area contributed by atoms with E-state index < -0.39 is 17.3 Å². The lowest BCUT2D eigenvalue weighted by Gasteiger charge is -2.19. The van der Waals surface area contributed by atoms with Crippen LogP contribution in [0.5, 0.6) is 0 Å². The van der Waals surface area contributed by atoms with Crippen LogP contribution in [0, 0.1) is 5.82 Å². The van der Waals surface area contributed by atoms with E-state index in [4.69, 9.17) is 0 Å². The molecule has 0 saturated carbocycles. The highest BCUT2D eigenvalue weighted by Gasteiger charge is 2.34. The minimum atomic E-state index is -3.15. The lowest BCUT2D eigenvalue weighted by Crippen LogP contribution is -2.17. The monoisotopic (exact) mass is 345 g/mol. The number of alkyl halides is 2. The summed E-state index contributed by atoms with van der Waals surface area (Å²) in [7, 11) is 0. The molecule has 0 unspecified atom stereocenters. The van der Waals surface area contributed by atoms with Gasteiger partial charge in [-0.1, -0.05) is 38.0 Å². The number of rotatable bonds is 7. The van der Waals surface area contributed by atoms with E-state index in [-0.39, 0.29) is 16.7 Å². The van der Waals surface area contributed by atoms with Crippen molar-refractivity contribution in [2.24, 2.45) is 4.40 Å². The molecule has 0 saturated heterocycles. The Morgan fingerprint density at radius 2 is 1.83 bits per heavy atom. The van der Waals surface area contributed by atoms with Gasteiger partial charge in [-0.05, 0) is 46.1 Å². The Kier molecular flexibility index (Phi) is 7.18. The number of nitrogens with zero attached hydrogens (tertiary/aromatic N) is 1. The standard InChI is InChI=1S/C18H26F3NS/c1-6-7-8-12-18(20,21)15-11-9-10-14(16(15)19)13(2)22-23-17(3,4)5/h9-11H,6-8,12H2,1-5H3/b22-13+. The second-order valence-electron chi connectivity index (χ2n) is 6.71. The molecule has 0 bridgehead atoms. The van der Waals surface area contributed by atoms with Crippen molar-refractivity contribution >= 4 is 17.7 Å². The van der Waals surface area contributed by atoms with Crippen molar-refractivity contribution in [3.63, 3.8) is 0 Å². The largest absolute Gasteiger partial charge is 0.276 e. The summed E-state index contributed by atoms with van der Waals surface area (Å²) in [4.78, 5) is 0. The molecule has 0 spiro atoms. The Balaban J connectivity index is 3.06. The van der Waals surface area contributed by atoms with Crippen LogP contribution in [-0.2, 0) is 5.92 Å². The smallest absolute Gasteiger partial charge is 0.220 e. The van der Waals surface area contributed by atoms with Gasteiger partial charge in [-0.2, -0.15) is 0 Å². The number of halogens is 3. The number of benzene rings is 1. The average molecular weight is 345 g/mol. The molecular weight excluding hydrogens is 319 g/mol. The van der Waals surface area contributed by atoms with E-state index in [9.17, 15) is 13.2 Å². The van der Waals surface area contributed by atoms with Gasteiger partial charge in [-0.3, -0.25) is 0 Å². The molecule has 0 radical (unpaired) electrons. The van der Waals surface area contributed by atoms with Gasteiger partial charge >= 0.3 is 0 Å². The molecule has 23 heavy (non-hydrogen) atoms. The topological polar surface area (TPSA) is 12.4 Å². The SMILES string of the molecule is CCCCCC(F)(F)c1cccc(/C(C)=N/SC(C)(C)C)c1F. The van der Waals surface area contributed by atoms with Crippen LogP contribution in [0.15, 0.2) is 22.6 Å². The van der Waals surface area contributed by atoms with Crippen LogP contribution in [0.1, 0.15) is 71.4 Å². The second-order valence-corrected chi connectivity index (χ2v) is 8.30. The summed E-state index contributed by atoms with van der Waals surface area (Å²) < 4.78 is 47.3. The molecule has 0 aliphatic rings. The molecule has 1 aromatic rings. The van der Waals surface area contributed by atoms with Crippen molar-refractivity contribution in [3.05, 3.63) is 35.1 Å². The molecule has 0 atom stereocenters. The Labute approximate surface area is 141 Å². The molecule has 0 aliphatic heterocycles. The minimum Gasteiger partial charge on any atom is -0.220 e. The maximum atomic E-state index is 14.6. The van der Waals surface area contributed by atoms with Crippen molar-refractivity contribution in [1.82, 2.24) is 0 Å². The Bertz CT molecular complexity index is 548. The highest BCUT2D eigenvalue weighted by atomic mass is 32.2. The average Bonchev–Trinajstić information content (AvgIpc) is 2.44. The van der Waals surface area contributed by atoms with E-state index in [0.29, 0.717) is 12.1 Å². The van der Waals surface area contributed by atoms with Gasteiger partial charge in [-0.25, -0.2) is 17.6 Å². The fourth-order valence-electron chi connectivity index (χ4n) is 2.08. The summed E-state index contributed by atoms with van der Waals surface area (Å²) in [6.45, 7) is 9.57. The fourth-order valence-corrected chi connectivity index (χ4v) is 2.59. The summed E-state index contributed by atoms with van der Waals surface area (Å²) >= 11 is 1.31. The fraction of sp³-hybridized carbons (Fsp3) is 0.611. The van der Waals surface area contributed by atoms with Crippen molar-refractivity contribution in [3.8, 4) is 0 Å². The maximum absolute atomic E-state index is 14.6. The van der Waals surface area contributed by atoms with Gasteiger partial charge in [0, 0.05) is 16.7 Å². The van der Waals surface area contributed by atoms with E-state index >= 15 is 0 Å². The second kappa shape index (κ2) is 8.22. The predicted molar refractivity (Wildman–Crippen MR) is 94.0 cm³/mol. The molecule has 1 nitrogen and oxygen atoms in total. The van der Waals surface area contributed by atoms with E-state index in [1.165, 1.54) is 30.1 Å². The van der Waals surface area contributed by atoms with Gasteiger partial charge in [0.1, 0.15) is 5.82 Å². The number of hydrogen-bond donors (Lipinski definition) is 0. The number of unbranched alkanes of at least 4 members (excludes halogenated alkanes) is 2. The first-order chi connectivity index (χ1) is 10.6. The van der Waals surface area contributed by atoms with Crippen LogP contribution < -0.4 is 0 Å². The van der Waals surface area contributed by atoms with Crippen LogP contribution in [-0.4, -0.2) is 10.5 Å². The highest BCUT2D eigenvalue weighted by molar-refractivity contribution is 7.99. The third-order valence-electron chi connectivity index (χ3n) is 3.33. The molecule has 0 aliphatic carbocycles. The molecular formula is C18H26F3NS. The first-order valence-electron chi connectivity index (χ1n) is 7.98. The van der Waals surface area contributed by atoms with Gasteiger partial charge in [0.15, 0.2) is 0 Å². The summed E-state index contributed by atoms with van der Waals surface area (Å²) in [5, 5.41) is 0. The van der Waals surface area contributed by atoms with Gasteiger partial charge in [0.2, 0.25) is 0 Å². The molecule has 1 aromatic carbocycles. The zero-order valence-corrected chi connectivity index (χ0v) is 15.4. The lowest BCUT2D eigenvalue weighted by atomic mass is 9.98. The predicted octanol–water partition coefficient (Wildman–Crippen LogP) is 6.75. The van der Waals surface area contributed by atoms with Crippen LogP contribution in [0.25, 0.3) is 0 Å². The molecule has 0 N–H and O–H groups in total. The number of hydrogen-bond acceptors (Lipinski definition) is 2. The van der Waals surface area contributed by atoms with Crippen molar-refractivity contribution in [2.75, 3.05) is 0 Å². The molecule has 0 aromatic heterocycles. The van der Waals surface area contributed by atoms with Gasteiger partial charge < -0.3 is 0 Å². The molecule has 0 fully saturated rings. The van der Waals surface area contributed by atoms with Gasteiger partial charge in [-0.15, -0.1) is 0 Å². The van der Waals surface area contributed by atoms with Crippen molar-refractivity contribution < 1.29 is 13.2 Å². The van der Waals surface area contributed by atoms with Crippen LogP contribution >= 0.6 is 11.9 Å². The molecule has 1 rings (SSSR count). The lowest BCUT2D eigenvalue weighted by molar-refractivity contribution is -0.0190. The van der Waals surface area contributed by atoms with Crippen LogP contribution in [0.2, 0.25) is 0 Å². The quantitative estimate of drug-likeness (QED) is 0.302. The normalized spacial score (nSPS) is 13.5. The third-order valence-corrected chi connectivity index (χ3v) is 4.25. The third kappa shape index (κ3) is 6.21. The molecule has 130 valence electrons. The molecule has 0 amide bonds. The minimum absolute atomic E-state index is 0.112. The van der Waals surface area contributed by atoms with E-state index in [0.717, 1.165) is 12.8 Å². The molecule has 5 heteroatoms. The first-order valence-corrected chi connectivity index (χ1v) is 8.76. The Hall–Kier alpha value is -0.970. The molecule has 0 heterocycles. The summed E-state index contributed by atoms with van der Waals surface area (Å²) in [6, 6.07) is 4.15. The summed E-state index contributed by atoms with van der Waals surface area (Å²) in [5.41, 5.74) is 0.0458. The summed E-state index contributed by atoms with van der Waals surface area (Å²) in [6.07, 6.45) is 1.64. The van der Waals surface area contributed by atoms with Crippen LogP contribution in [0.3, 0.4) is 0 Å². The zero-order valence-electron chi connectivity index (χ0n) is 14.5. The van der Waals surface area contributed by atoms with Gasteiger partial charge in [0.05, 0.1) is 11.3 Å². The van der Waals surface area contributed by atoms with Crippen molar-refractivity contribution in [2.45, 2.75) is 71.0 Å². The Morgan fingerprint density at radius 1 is 1.17 bits per heavy atom. The Morgan fingerprint density at radius 3 is 2.39 bits per heavy atom. The zero-order chi connectivity index (χ0) is 17.7. The van der Waals surface area contributed by atoms with E-state index in [1.807, 2.05) is 27.7 Å². The van der Waals surface area contributed by atoms with Gasteiger partial charge in [0.25, 0.3) is 5.92 Å². The van der Waals surface area contributed by atoms with Crippen molar-refractivity contribution in [1.29, 1.82) is 0 Å². The highest BCUT2D eigenvalue weighted by Crippen LogP contribution is 2.36. The first kappa shape index (κ1) is 20.1.